The van der Waals surface area contributed by atoms with E-state index in [4.69, 9.17) is 0 Å². The fraction of sp³-hybridized carbons (Fsp3) is 0.778. The van der Waals surface area contributed by atoms with E-state index in [9.17, 15) is 0 Å². The summed E-state index contributed by atoms with van der Waals surface area (Å²) in [6.07, 6.45) is 4.25. The van der Waals surface area contributed by atoms with Gasteiger partial charge in [-0.05, 0) is 46.6 Å². The summed E-state index contributed by atoms with van der Waals surface area (Å²) in [6.45, 7) is 13.8. The number of piperazine rings is 1. The van der Waals surface area contributed by atoms with Gasteiger partial charge in [0.25, 0.3) is 0 Å². The lowest BCUT2D eigenvalue weighted by atomic mass is 9.89. The molecule has 128 valence electrons. The molecule has 2 fully saturated rings. The summed E-state index contributed by atoms with van der Waals surface area (Å²) in [4.78, 5) is 16.4. The van der Waals surface area contributed by atoms with Crippen molar-refractivity contribution >= 4 is 5.82 Å². The molecule has 1 aromatic rings. The van der Waals surface area contributed by atoms with Crippen molar-refractivity contribution < 1.29 is 0 Å². The number of nitrogens with zero attached hydrogens (tertiary/aromatic N) is 5. The van der Waals surface area contributed by atoms with E-state index in [-0.39, 0.29) is 0 Å². The number of hydrogen-bond donors (Lipinski definition) is 0. The average molecular weight is 317 g/mol. The topological polar surface area (TPSA) is 35.5 Å². The van der Waals surface area contributed by atoms with Crippen molar-refractivity contribution in [2.45, 2.75) is 39.7 Å². The first-order chi connectivity index (χ1) is 11.1. The Bertz CT molecular complexity index is 516. The van der Waals surface area contributed by atoms with Crippen LogP contribution in [0.2, 0.25) is 0 Å². The summed E-state index contributed by atoms with van der Waals surface area (Å²) >= 11 is 0. The van der Waals surface area contributed by atoms with Gasteiger partial charge in [-0.25, -0.2) is 9.97 Å². The Morgan fingerprint density at radius 2 is 1.65 bits per heavy atom. The van der Waals surface area contributed by atoms with Crippen LogP contribution in [0, 0.1) is 19.8 Å². The summed E-state index contributed by atoms with van der Waals surface area (Å²) < 4.78 is 0. The molecule has 5 heteroatoms. The second-order valence-corrected chi connectivity index (χ2v) is 7.31. The molecule has 0 aliphatic carbocycles. The van der Waals surface area contributed by atoms with Crippen LogP contribution < -0.4 is 4.90 Å². The third-order valence-electron chi connectivity index (χ3n) is 5.94. The number of aromatic nitrogens is 2. The van der Waals surface area contributed by atoms with Crippen molar-refractivity contribution in [1.29, 1.82) is 0 Å². The minimum Gasteiger partial charge on any atom is -0.356 e. The van der Waals surface area contributed by atoms with Crippen molar-refractivity contribution in [3.05, 3.63) is 17.6 Å². The highest BCUT2D eigenvalue weighted by atomic mass is 15.3. The Kier molecular flexibility index (Phi) is 5.17. The quantitative estimate of drug-likeness (QED) is 0.851. The smallest absolute Gasteiger partial charge is 0.135 e. The van der Waals surface area contributed by atoms with Gasteiger partial charge in [-0.1, -0.05) is 0 Å². The standard InChI is InChI=1S/C18H31N5/c1-14-15(2)19-13-20-18(14)23-7-5-17(6-8-23)16(3)22-11-9-21(4)10-12-22/h13,16-17H,5-12H2,1-4H3/t16-/m0/s1. The third-order valence-corrected chi connectivity index (χ3v) is 5.94. The van der Waals surface area contributed by atoms with Crippen LogP contribution >= 0.6 is 0 Å². The van der Waals surface area contributed by atoms with Crippen molar-refractivity contribution in [2.24, 2.45) is 5.92 Å². The van der Waals surface area contributed by atoms with Gasteiger partial charge in [-0.15, -0.1) is 0 Å². The maximum atomic E-state index is 4.53. The van der Waals surface area contributed by atoms with E-state index < -0.39 is 0 Å². The summed E-state index contributed by atoms with van der Waals surface area (Å²) in [5.74, 6) is 1.96. The Labute approximate surface area is 140 Å². The first-order valence-corrected chi connectivity index (χ1v) is 9.02. The van der Waals surface area contributed by atoms with Crippen molar-refractivity contribution in [2.75, 3.05) is 51.2 Å². The number of rotatable bonds is 3. The molecule has 2 aliphatic heterocycles. The summed E-state index contributed by atoms with van der Waals surface area (Å²) in [6, 6.07) is 0.707. The zero-order valence-corrected chi connectivity index (χ0v) is 15.1. The maximum Gasteiger partial charge on any atom is 0.135 e. The second-order valence-electron chi connectivity index (χ2n) is 7.31. The zero-order chi connectivity index (χ0) is 16.4. The van der Waals surface area contributed by atoms with E-state index >= 15 is 0 Å². The Hall–Kier alpha value is -1.20. The van der Waals surface area contributed by atoms with Gasteiger partial charge >= 0.3 is 0 Å². The molecule has 5 nitrogen and oxygen atoms in total. The largest absolute Gasteiger partial charge is 0.356 e. The van der Waals surface area contributed by atoms with Gasteiger partial charge in [0.1, 0.15) is 12.1 Å². The van der Waals surface area contributed by atoms with Gasteiger partial charge in [-0.3, -0.25) is 4.90 Å². The molecule has 1 aromatic heterocycles. The Morgan fingerprint density at radius 1 is 1.00 bits per heavy atom. The van der Waals surface area contributed by atoms with E-state index in [1.807, 2.05) is 0 Å². The van der Waals surface area contributed by atoms with Crippen LogP contribution in [0.3, 0.4) is 0 Å². The van der Waals surface area contributed by atoms with Crippen LogP contribution in [0.5, 0.6) is 0 Å². The number of piperidine rings is 1. The van der Waals surface area contributed by atoms with Crippen LogP contribution in [0.4, 0.5) is 5.82 Å². The van der Waals surface area contributed by atoms with E-state index in [1.165, 1.54) is 44.6 Å². The molecule has 1 atom stereocenters. The van der Waals surface area contributed by atoms with Crippen molar-refractivity contribution in [3.63, 3.8) is 0 Å². The molecule has 3 rings (SSSR count). The van der Waals surface area contributed by atoms with Crippen LogP contribution in [0.25, 0.3) is 0 Å². The van der Waals surface area contributed by atoms with Crippen LogP contribution in [-0.2, 0) is 0 Å². The first kappa shape index (κ1) is 16.7. The zero-order valence-electron chi connectivity index (χ0n) is 15.1. The molecule has 23 heavy (non-hydrogen) atoms. The Balaban J connectivity index is 1.57. The molecule has 0 N–H and O–H groups in total. The van der Waals surface area contributed by atoms with Crippen LogP contribution in [0.1, 0.15) is 31.0 Å². The SMILES string of the molecule is Cc1ncnc(N2CCC([C@H](C)N3CCN(C)CC3)CC2)c1C. The molecular formula is C18H31N5. The lowest BCUT2D eigenvalue weighted by molar-refractivity contribution is 0.0813. The summed E-state index contributed by atoms with van der Waals surface area (Å²) in [7, 11) is 2.23. The highest BCUT2D eigenvalue weighted by molar-refractivity contribution is 5.47. The Morgan fingerprint density at radius 3 is 2.30 bits per heavy atom. The van der Waals surface area contributed by atoms with Crippen molar-refractivity contribution in [3.8, 4) is 0 Å². The minimum absolute atomic E-state index is 0.707. The molecule has 3 heterocycles. The first-order valence-electron chi connectivity index (χ1n) is 9.02. The highest BCUT2D eigenvalue weighted by Crippen LogP contribution is 2.28. The highest BCUT2D eigenvalue weighted by Gasteiger charge is 2.29. The van der Waals surface area contributed by atoms with Gasteiger partial charge < -0.3 is 9.80 Å². The molecule has 0 amide bonds. The van der Waals surface area contributed by atoms with E-state index in [0.717, 1.165) is 30.5 Å². The van der Waals surface area contributed by atoms with Gasteiger partial charge in [0, 0.05) is 56.6 Å². The molecule has 2 saturated heterocycles. The van der Waals surface area contributed by atoms with E-state index in [2.05, 4.69) is 52.5 Å². The third kappa shape index (κ3) is 3.66. The van der Waals surface area contributed by atoms with Crippen LogP contribution in [-0.4, -0.2) is 72.1 Å². The lowest BCUT2D eigenvalue weighted by Crippen LogP contribution is -2.51. The fourth-order valence-corrected chi connectivity index (χ4v) is 3.97. The minimum atomic E-state index is 0.707. The predicted octanol–water partition coefficient (Wildman–Crippen LogP) is 1.95. The van der Waals surface area contributed by atoms with Gasteiger partial charge in [-0.2, -0.15) is 0 Å². The molecule has 2 aliphatic rings. The van der Waals surface area contributed by atoms with Gasteiger partial charge in [0.2, 0.25) is 0 Å². The summed E-state index contributed by atoms with van der Waals surface area (Å²) in [5, 5.41) is 0. The van der Waals surface area contributed by atoms with Crippen molar-refractivity contribution in [1.82, 2.24) is 19.8 Å². The van der Waals surface area contributed by atoms with E-state index in [0.29, 0.717) is 6.04 Å². The summed E-state index contributed by atoms with van der Waals surface area (Å²) in [5.41, 5.74) is 2.33. The molecule has 0 radical (unpaired) electrons. The second kappa shape index (κ2) is 7.14. The number of anilines is 1. The van der Waals surface area contributed by atoms with Crippen LogP contribution in [0.15, 0.2) is 6.33 Å². The number of likely N-dealkylation sites (N-methyl/N-ethyl adjacent to an activating group) is 1. The normalized spacial score (nSPS) is 23.2. The monoisotopic (exact) mass is 317 g/mol. The predicted molar refractivity (Wildman–Crippen MR) is 95.0 cm³/mol. The molecule has 0 unspecified atom stereocenters. The molecule has 0 bridgehead atoms. The lowest BCUT2D eigenvalue weighted by Gasteiger charge is -2.43. The van der Waals surface area contributed by atoms with Gasteiger partial charge in [0.05, 0.1) is 0 Å². The fourth-order valence-electron chi connectivity index (χ4n) is 3.97. The molecule has 0 aromatic carbocycles. The maximum absolute atomic E-state index is 4.53. The molecule has 0 saturated carbocycles. The molecular weight excluding hydrogens is 286 g/mol. The number of hydrogen-bond acceptors (Lipinski definition) is 5. The average Bonchev–Trinajstić information content (AvgIpc) is 2.58. The molecule has 0 spiro atoms. The number of aryl methyl sites for hydroxylation is 1. The van der Waals surface area contributed by atoms with Gasteiger partial charge in [0.15, 0.2) is 0 Å². The van der Waals surface area contributed by atoms with E-state index in [1.54, 1.807) is 6.33 Å².